The topological polar surface area (TPSA) is 36.6 Å². The minimum atomic E-state index is 0.339. The van der Waals surface area contributed by atoms with Crippen molar-refractivity contribution in [2.75, 3.05) is 6.54 Å². The molecular weight excluding hydrogens is 298 g/mol. The molecule has 0 spiro atoms. The molecule has 3 heteroatoms. The number of piperidine rings is 2. The number of furan rings is 1. The summed E-state index contributed by atoms with van der Waals surface area (Å²) in [7, 11) is 0. The second-order valence-corrected chi connectivity index (χ2v) is 8.74. The predicted octanol–water partition coefficient (Wildman–Crippen LogP) is 4.68. The van der Waals surface area contributed by atoms with Crippen LogP contribution in [0, 0.1) is 11.3 Å². The van der Waals surface area contributed by atoms with Crippen LogP contribution in [0.3, 0.4) is 0 Å². The fraction of sp³-hybridized carbons (Fsp3) is 0.619. The molecule has 0 amide bonds. The Bertz CT molecular complexity index is 810. The summed E-state index contributed by atoms with van der Waals surface area (Å²) in [5.74, 6) is 2.86. The Morgan fingerprint density at radius 1 is 1.38 bits per heavy atom. The molecule has 3 aliphatic heterocycles. The number of rotatable bonds is 1. The highest BCUT2D eigenvalue weighted by Gasteiger charge is 2.56. The van der Waals surface area contributed by atoms with Crippen LogP contribution in [0.15, 0.2) is 22.6 Å². The third-order valence-electron chi connectivity index (χ3n) is 7.28. The van der Waals surface area contributed by atoms with Crippen LogP contribution in [0.2, 0.25) is 0 Å². The minimum Gasteiger partial charge on any atom is -0.508 e. The standard InChI is InChI=1S/C21H27NO2/c1-4-21(3)10-13-8-17-19-16(7-12(2)22(11-13)20(17)21)15-9-14(23)5-6-18(15)24-19/h5-6,9,12-13,17,20,23H,4,7-8,10-11H2,1-3H3/t12-,13?,17?,20?,21?/m1/s1. The molecule has 0 radical (unpaired) electrons. The van der Waals surface area contributed by atoms with Gasteiger partial charge in [0.25, 0.3) is 0 Å². The van der Waals surface area contributed by atoms with E-state index in [1.165, 1.54) is 37.1 Å². The van der Waals surface area contributed by atoms with Crippen molar-refractivity contribution in [1.29, 1.82) is 0 Å². The molecule has 24 heavy (non-hydrogen) atoms. The lowest BCUT2D eigenvalue weighted by Crippen LogP contribution is -2.62. The molecule has 1 N–H and O–H groups in total. The number of nitrogens with zero attached hydrogens (tertiary/aromatic N) is 1. The SMILES string of the molecule is CCC1(C)CC2CC3c4oc5ccc(O)cc5c4C[C@@H](C)N(C2)C31. The second kappa shape index (κ2) is 4.78. The quantitative estimate of drug-likeness (QED) is 0.827. The maximum absolute atomic E-state index is 9.95. The van der Waals surface area contributed by atoms with Crippen LogP contribution in [-0.4, -0.2) is 28.6 Å². The average Bonchev–Trinajstić information content (AvgIpc) is 2.88. The van der Waals surface area contributed by atoms with E-state index in [4.69, 9.17) is 4.42 Å². The first-order valence-electron chi connectivity index (χ1n) is 9.50. The zero-order chi connectivity index (χ0) is 16.6. The molecule has 3 nitrogen and oxygen atoms in total. The molecule has 4 aliphatic rings. The van der Waals surface area contributed by atoms with Crippen molar-refractivity contribution in [3.63, 3.8) is 0 Å². The van der Waals surface area contributed by atoms with Gasteiger partial charge in [-0.3, -0.25) is 4.90 Å². The van der Waals surface area contributed by atoms with Gasteiger partial charge in [0, 0.05) is 35.5 Å². The molecule has 5 unspecified atom stereocenters. The molecule has 2 saturated heterocycles. The third kappa shape index (κ3) is 1.82. The Morgan fingerprint density at radius 3 is 3.00 bits per heavy atom. The summed E-state index contributed by atoms with van der Waals surface area (Å²) in [6, 6.07) is 6.70. The summed E-state index contributed by atoms with van der Waals surface area (Å²) in [6.45, 7) is 8.49. The van der Waals surface area contributed by atoms with Crippen molar-refractivity contribution >= 4 is 11.0 Å². The van der Waals surface area contributed by atoms with Crippen LogP contribution >= 0.6 is 0 Å². The van der Waals surface area contributed by atoms with E-state index in [0.29, 0.717) is 29.2 Å². The van der Waals surface area contributed by atoms with Crippen molar-refractivity contribution in [2.45, 2.75) is 64.5 Å². The Hall–Kier alpha value is -1.48. The highest BCUT2D eigenvalue weighted by molar-refractivity contribution is 5.84. The molecule has 6 atom stereocenters. The highest BCUT2D eigenvalue weighted by Crippen LogP contribution is 2.58. The van der Waals surface area contributed by atoms with E-state index in [-0.39, 0.29) is 0 Å². The van der Waals surface area contributed by atoms with Crippen LogP contribution < -0.4 is 0 Å². The fourth-order valence-electron chi connectivity index (χ4n) is 6.16. The first-order valence-corrected chi connectivity index (χ1v) is 9.50. The smallest absolute Gasteiger partial charge is 0.134 e. The van der Waals surface area contributed by atoms with Crippen molar-refractivity contribution in [1.82, 2.24) is 4.90 Å². The molecule has 4 heterocycles. The number of aromatic hydroxyl groups is 1. The van der Waals surface area contributed by atoms with E-state index in [1.807, 2.05) is 12.1 Å². The minimum absolute atomic E-state index is 0.339. The lowest BCUT2D eigenvalue weighted by molar-refractivity contribution is -0.0874. The molecule has 4 bridgehead atoms. The summed E-state index contributed by atoms with van der Waals surface area (Å²) in [6.07, 6.45) is 4.90. The van der Waals surface area contributed by atoms with E-state index >= 15 is 0 Å². The van der Waals surface area contributed by atoms with Crippen LogP contribution in [0.5, 0.6) is 5.75 Å². The first-order chi connectivity index (χ1) is 11.5. The van der Waals surface area contributed by atoms with Gasteiger partial charge in [-0.25, -0.2) is 0 Å². The van der Waals surface area contributed by atoms with Crippen LogP contribution in [0.25, 0.3) is 11.0 Å². The third-order valence-corrected chi connectivity index (χ3v) is 7.28. The van der Waals surface area contributed by atoms with Gasteiger partial charge in [-0.15, -0.1) is 0 Å². The van der Waals surface area contributed by atoms with E-state index in [9.17, 15) is 5.11 Å². The Labute approximate surface area is 143 Å². The largest absolute Gasteiger partial charge is 0.508 e. The maximum atomic E-state index is 9.95. The van der Waals surface area contributed by atoms with Crippen LogP contribution in [0.1, 0.15) is 57.3 Å². The van der Waals surface area contributed by atoms with E-state index < -0.39 is 0 Å². The number of phenols is 1. The van der Waals surface area contributed by atoms with Gasteiger partial charge in [-0.2, -0.15) is 0 Å². The van der Waals surface area contributed by atoms with E-state index in [2.05, 4.69) is 25.7 Å². The van der Waals surface area contributed by atoms with Gasteiger partial charge in [0.05, 0.1) is 0 Å². The summed E-state index contributed by atoms with van der Waals surface area (Å²) in [4.78, 5) is 2.79. The number of fused-ring (bicyclic) bond motifs is 4. The van der Waals surface area contributed by atoms with E-state index in [0.717, 1.165) is 23.3 Å². The summed E-state index contributed by atoms with van der Waals surface area (Å²) >= 11 is 0. The van der Waals surface area contributed by atoms with Gasteiger partial charge < -0.3 is 9.52 Å². The molecule has 2 aromatic rings. The van der Waals surface area contributed by atoms with Crippen LogP contribution in [-0.2, 0) is 6.42 Å². The zero-order valence-electron chi connectivity index (χ0n) is 14.9. The van der Waals surface area contributed by atoms with E-state index in [1.54, 1.807) is 6.07 Å². The van der Waals surface area contributed by atoms with Crippen molar-refractivity contribution < 1.29 is 9.52 Å². The molecule has 1 aromatic carbocycles. The summed E-state index contributed by atoms with van der Waals surface area (Å²) in [5.41, 5.74) is 2.69. The first kappa shape index (κ1) is 14.8. The predicted molar refractivity (Wildman–Crippen MR) is 95.4 cm³/mol. The fourth-order valence-corrected chi connectivity index (χ4v) is 6.16. The van der Waals surface area contributed by atoms with Crippen molar-refractivity contribution in [2.24, 2.45) is 11.3 Å². The van der Waals surface area contributed by atoms with Gasteiger partial charge in [0.1, 0.15) is 17.1 Å². The average molecular weight is 325 g/mol. The van der Waals surface area contributed by atoms with Crippen molar-refractivity contribution in [3.8, 4) is 5.75 Å². The molecule has 128 valence electrons. The molecule has 1 aromatic heterocycles. The number of benzene rings is 1. The van der Waals surface area contributed by atoms with Gasteiger partial charge in [-0.1, -0.05) is 13.8 Å². The molecule has 1 saturated carbocycles. The number of phenolic OH excluding ortho intramolecular Hbond substituents is 1. The van der Waals surface area contributed by atoms with Crippen LogP contribution in [0.4, 0.5) is 0 Å². The lowest BCUT2D eigenvalue weighted by atomic mass is 9.57. The molecule has 1 aliphatic carbocycles. The zero-order valence-corrected chi connectivity index (χ0v) is 14.9. The Morgan fingerprint density at radius 2 is 2.21 bits per heavy atom. The van der Waals surface area contributed by atoms with Crippen molar-refractivity contribution in [3.05, 3.63) is 29.5 Å². The van der Waals surface area contributed by atoms with Gasteiger partial charge in [0.15, 0.2) is 0 Å². The highest BCUT2D eigenvalue weighted by atomic mass is 16.3. The molecular formula is C21H27NO2. The lowest BCUT2D eigenvalue weighted by Gasteiger charge is -2.59. The number of hydrogen-bond donors (Lipinski definition) is 1. The number of hydrogen-bond acceptors (Lipinski definition) is 3. The normalized spacial score (nSPS) is 40.5. The van der Waals surface area contributed by atoms with Gasteiger partial charge in [0.2, 0.25) is 0 Å². The Balaban J connectivity index is 1.73. The molecule has 6 rings (SSSR count). The monoisotopic (exact) mass is 325 g/mol. The summed E-state index contributed by atoms with van der Waals surface area (Å²) < 4.78 is 6.41. The molecule has 3 fully saturated rings. The van der Waals surface area contributed by atoms with Gasteiger partial charge in [-0.05, 0) is 62.1 Å². The summed E-state index contributed by atoms with van der Waals surface area (Å²) in [5, 5.41) is 11.1. The second-order valence-electron chi connectivity index (χ2n) is 8.74. The Kier molecular flexibility index (Phi) is 2.96. The maximum Gasteiger partial charge on any atom is 0.134 e. The van der Waals surface area contributed by atoms with Gasteiger partial charge >= 0.3 is 0 Å².